The molecular formula is C9H7NO2S. The average Bonchev–Trinajstić information content (AvgIpc) is 2.71. The Hall–Kier alpha value is -1.42. The standard InChI is InChI=1S/C9H7NO2S/c1-6-8(2-3-12-6)9-10-4-7(5-11)13-9/h2-5H,1H3. The summed E-state index contributed by atoms with van der Waals surface area (Å²) in [5.41, 5.74) is 0.957. The minimum atomic E-state index is 0.635. The van der Waals surface area contributed by atoms with Crippen molar-refractivity contribution < 1.29 is 9.21 Å². The van der Waals surface area contributed by atoms with Gasteiger partial charge in [0.2, 0.25) is 0 Å². The Morgan fingerprint density at radius 3 is 3.00 bits per heavy atom. The Kier molecular flexibility index (Phi) is 1.98. The van der Waals surface area contributed by atoms with Crippen LogP contribution in [0.5, 0.6) is 0 Å². The largest absolute Gasteiger partial charge is 0.469 e. The summed E-state index contributed by atoms with van der Waals surface area (Å²) in [6.45, 7) is 1.87. The summed E-state index contributed by atoms with van der Waals surface area (Å²) in [6.07, 6.45) is 3.99. The molecule has 0 aliphatic heterocycles. The van der Waals surface area contributed by atoms with Gasteiger partial charge in [-0.25, -0.2) is 4.98 Å². The van der Waals surface area contributed by atoms with Crippen molar-refractivity contribution in [1.29, 1.82) is 0 Å². The molecule has 0 bridgehead atoms. The quantitative estimate of drug-likeness (QED) is 0.688. The molecular weight excluding hydrogens is 186 g/mol. The van der Waals surface area contributed by atoms with Gasteiger partial charge in [-0.3, -0.25) is 4.79 Å². The molecule has 4 heteroatoms. The van der Waals surface area contributed by atoms with Crippen LogP contribution in [0.25, 0.3) is 10.6 Å². The maximum Gasteiger partial charge on any atom is 0.161 e. The van der Waals surface area contributed by atoms with E-state index in [9.17, 15) is 4.79 Å². The van der Waals surface area contributed by atoms with Crippen LogP contribution in [0, 0.1) is 6.92 Å². The first-order valence-corrected chi connectivity index (χ1v) is 4.58. The van der Waals surface area contributed by atoms with Gasteiger partial charge in [-0.2, -0.15) is 0 Å². The molecule has 2 aromatic heterocycles. The molecule has 0 atom stereocenters. The highest BCUT2D eigenvalue weighted by atomic mass is 32.1. The van der Waals surface area contributed by atoms with E-state index >= 15 is 0 Å². The second kappa shape index (κ2) is 3.14. The van der Waals surface area contributed by atoms with Gasteiger partial charge < -0.3 is 4.42 Å². The smallest absolute Gasteiger partial charge is 0.161 e. The zero-order valence-electron chi connectivity index (χ0n) is 6.98. The predicted molar refractivity (Wildman–Crippen MR) is 49.9 cm³/mol. The van der Waals surface area contributed by atoms with E-state index in [1.165, 1.54) is 11.3 Å². The topological polar surface area (TPSA) is 43.1 Å². The lowest BCUT2D eigenvalue weighted by atomic mass is 10.3. The monoisotopic (exact) mass is 193 g/mol. The first-order chi connectivity index (χ1) is 6.31. The fourth-order valence-electron chi connectivity index (χ4n) is 1.07. The van der Waals surface area contributed by atoms with Crippen LogP contribution in [0.4, 0.5) is 0 Å². The number of hydrogen-bond donors (Lipinski definition) is 0. The third-order valence-corrected chi connectivity index (χ3v) is 2.68. The number of aryl methyl sites for hydroxylation is 1. The van der Waals surface area contributed by atoms with Gasteiger partial charge >= 0.3 is 0 Å². The molecule has 0 aliphatic carbocycles. The minimum absolute atomic E-state index is 0.635. The molecule has 0 aliphatic rings. The van der Waals surface area contributed by atoms with Gasteiger partial charge in [-0.05, 0) is 13.0 Å². The van der Waals surface area contributed by atoms with E-state index in [1.807, 2.05) is 13.0 Å². The zero-order valence-corrected chi connectivity index (χ0v) is 7.80. The number of furan rings is 1. The lowest BCUT2D eigenvalue weighted by Gasteiger charge is -1.89. The van der Waals surface area contributed by atoms with Gasteiger partial charge in [0.05, 0.1) is 16.7 Å². The van der Waals surface area contributed by atoms with Gasteiger partial charge in [-0.15, -0.1) is 11.3 Å². The number of thiazole rings is 1. The van der Waals surface area contributed by atoms with Crippen molar-refractivity contribution in [3.63, 3.8) is 0 Å². The second-order valence-electron chi connectivity index (χ2n) is 2.58. The molecule has 0 aromatic carbocycles. The molecule has 0 N–H and O–H groups in total. The van der Waals surface area contributed by atoms with Crippen LogP contribution in [0.3, 0.4) is 0 Å². The Labute approximate surface area is 79.0 Å². The molecule has 2 aromatic rings. The first kappa shape index (κ1) is 8.19. The van der Waals surface area contributed by atoms with Crippen LogP contribution in [-0.2, 0) is 0 Å². The molecule has 3 nitrogen and oxygen atoms in total. The van der Waals surface area contributed by atoms with Crippen molar-refractivity contribution in [1.82, 2.24) is 4.98 Å². The van der Waals surface area contributed by atoms with Gasteiger partial charge in [-0.1, -0.05) is 0 Å². The highest BCUT2D eigenvalue weighted by Gasteiger charge is 2.08. The van der Waals surface area contributed by atoms with Gasteiger partial charge in [0.15, 0.2) is 6.29 Å². The van der Waals surface area contributed by atoms with Crippen LogP contribution in [-0.4, -0.2) is 11.3 Å². The van der Waals surface area contributed by atoms with Crippen molar-refractivity contribution in [3.05, 3.63) is 29.2 Å². The third-order valence-electron chi connectivity index (χ3n) is 1.73. The van der Waals surface area contributed by atoms with E-state index in [0.29, 0.717) is 4.88 Å². The third kappa shape index (κ3) is 1.40. The SMILES string of the molecule is Cc1occc1-c1ncc(C=O)s1. The number of nitrogens with zero attached hydrogens (tertiary/aromatic N) is 1. The Morgan fingerprint density at radius 2 is 2.46 bits per heavy atom. The lowest BCUT2D eigenvalue weighted by Crippen LogP contribution is -1.72. The zero-order chi connectivity index (χ0) is 9.26. The Bertz CT molecular complexity index is 430. The first-order valence-electron chi connectivity index (χ1n) is 3.76. The Morgan fingerprint density at radius 1 is 1.62 bits per heavy atom. The molecule has 0 amide bonds. The number of hydrogen-bond acceptors (Lipinski definition) is 4. The molecule has 0 saturated carbocycles. The fourth-order valence-corrected chi connectivity index (χ4v) is 1.88. The Balaban J connectivity index is 2.46. The molecule has 13 heavy (non-hydrogen) atoms. The predicted octanol–water partition coefficient (Wildman–Crippen LogP) is 2.52. The van der Waals surface area contributed by atoms with E-state index < -0.39 is 0 Å². The van der Waals surface area contributed by atoms with Crippen molar-refractivity contribution in [2.45, 2.75) is 6.92 Å². The van der Waals surface area contributed by atoms with Crippen LogP contribution >= 0.6 is 11.3 Å². The molecule has 66 valence electrons. The molecule has 0 saturated heterocycles. The molecule has 0 unspecified atom stereocenters. The number of aromatic nitrogens is 1. The minimum Gasteiger partial charge on any atom is -0.469 e. The van der Waals surface area contributed by atoms with Crippen LogP contribution in [0.15, 0.2) is 22.9 Å². The molecule has 0 radical (unpaired) electrons. The molecule has 0 spiro atoms. The van der Waals surface area contributed by atoms with Crippen molar-refractivity contribution >= 4 is 17.6 Å². The second-order valence-corrected chi connectivity index (χ2v) is 3.64. The number of rotatable bonds is 2. The number of carbonyl (C=O) groups excluding carboxylic acids is 1. The summed E-state index contributed by atoms with van der Waals surface area (Å²) in [5.74, 6) is 0.826. The normalized spacial score (nSPS) is 10.2. The summed E-state index contributed by atoms with van der Waals surface area (Å²) < 4.78 is 5.14. The van der Waals surface area contributed by atoms with Crippen molar-refractivity contribution in [2.75, 3.05) is 0 Å². The summed E-state index contributed by atoms with van der Waals surface area (Å²) in [7, 11) is 0. The van der Waals surface area contributed by atoms with E-state index in [-0.39, 0.29) is 0 Å². The lowest BCUT2D eigenvalue weighted by molar-refractivity contribution is 0.112. The number of aldehydes is 1. The van der Waals surface area contributed by atoms with Crippen LogP contribution in [0.2, 0.25) is 0 Å². The maximum absolute atomic E-state index is 10.4. The molecule has 0 fully saturated rings. The summed E-state index contributed by atoms with van der Waals surface area (Å²) in [5, 5.41) is 0.827. The van der Waals surface area contributed by atoms with Gasteiger partial charge in [0.25, 0.3) is 0 Å². The van der Waals surface area contributed by atoms with E-state index in [1.54, 1.807) is 12.5 Å². The number of carbonyl (C=O) groups is 1. The summed E-state index contributed by atoms with van der Waals surface area (Å²) >= 11 is 1.37. The summed E-state index contributed by atoms with van der Waals surface area (Å²) in [4.78, 5) is 15.2. The van der Waals surface area contributed by atoms with E-state index in [4.69, 9.17) is 4.42 Å². The molecule has 2 rings (SSSR count). The van der Waals surface area contributed by atoms with Crippen molar-refractivity contribution in [3.8, 4) is 10.6 Å². The van der Waals surface area contributed by atoms with E-state index in [2.05, 4.69) is 4.98 Å². The van der Waals surface area contributed by atoms with Gasteiger partial charge in [0.1, 0.15) is 10.8 Å². The van der Waals surface area contributed by atoms with Crippen LogP contribution in [0.1, 0.15) is 15.4 Å². The maximum atomic E-state index is 10.4. The van der Waals surface area contributed by atoms with Crippen molar-refractivity contribution in [2.24, 2.45) is 0 Å². The summed E-state index contributed by atoms with van der Waals surface area (Å²) in [6, 6.07) is 1.85. The highest BCUT2D eigenvalue weighted by molar-refractivity contribution is 7.16. The van der Waals surface area contributed by atoms with Gasteiger partial charge in [0, 0.05) is 6.20 Å². The fraction of sp³-hybridized carbons (Fsp3) is 0.111. The molecule has 2 heterocycles. The van der Waals surface area contributed by atoms with E-state index in [0.717, 1.165) is 22.6 Å². The van der Waals surface area contributed by atoms with Crippen LogP contribution < -0.4 is 0 Å². The average molecular weight is 193 g/mol. The highest BCUT2D eigenvalue weighted by Crippen LogP contribution is 2.27.